The molecular weight excluding hydrogens is 383 g/mol. The van der Waals surface area contributed by atoms with Gasteiger partial charge in [-0.2, -0.15) is 0 Å². The third-order valence-corrected chi connectivity index (χ3v) is 5.42. The van der Waals surface area contributed by atoms with E-state index in [1.165, 1.54) is 0 Å². The number of nitrogens with zero attached hydrogens (tertiary/aromatic N) is 1. The third-order valence-electron chi connectivity index (χ3n) is 4.83. The van der Waals surface area contributed by atoms with Crippen molar-refractivity contribution in [2.75, 3.05) is 16.8 Å². The summed E-state index contributed by atoms with van der Waals surface area (Å²) in [5.41, 5.74) is 3.67. The molecule has 0 saturated carbocycles. The van der Waals surface area contributed by atoms with Gasteiger partial charge in [0.05, 0.1) is 0 Å². The van der Waals surface area contributed by atoms with Crippen LogP contribution >= 0.6 is 23.2 Å². The summed E-state index contributed by atoms with van der Waals surface area (Å²) in [6.45, 7) is 4.19. The van der Waals surface area contributed by atoms with E-state index < -0.39 is 0 Å². The average molecular weight is 405 g/mol. The zero-order valence-corrected chi connectivity index (χ0v) is 16.9. The van der Waals surface area contributed by atoms with Crippen LogP contribution in [-0.2, 0) is 22.4 Å². The molecule has 142 valence electrons. The molecule has 2 amide bonds. The first-order chi connectivity index (χ1) is 12.8. The molecule has 0 aliphatic carbocycles. The highest BCUT2D eigenvalue weighted by Gasteiger charge is 2.21. The summed E-state index contributed by atoms with van der Waals surface area (Å²) in [7, 11) is 0. The van der Waals surface area contributed by atoms with Gasteiger partial charge in [-0.05, 0) is 60.7 Å². The molecule has 6 heteroatoms. The van der Waals surface area contributed by atoms with Crippen LogP contribution in [-0.4, -0.2) is 18.4 Å². The summed E-state index contributed by atoms with van der Waals surface area (Å²) in [6.07, 6.45) is 2.36. The van der Waals surface area contributed by atoms with Gasteiger partial charge in [0, 0.05) is 40.8 Å². The summed E-state index contributed by atoms with van der Waals surface area (Å²) in [5.74, 6) is -0.269. The van der Waals surface area contributed by atoms with Gasteiger partial charge in [-0.15, -0.1) is 0 Å². The minimum absolute atomic E-state index is 0.0428. The van der Waals surface area contributed by atoms with Crippen LogP contribution in [0.5, 0.6) is 0 Å². The molecule has 1 aliphatic rings. The lowest BCUT2D eigenvalue weighted by Crippen LogP contribution is -2.33. The predicted octanol–water partition coefficient (Wildman–Crippen LogP) is 5.11. The zero-order valence-electron chi connectivity index (χ0n) is 15.4. The molecule has 1 N–H and O–H groups in total. The molecular formula is C21H22Cl2N2O2. The summed E-state index contributed by atoms with van der Waals surface area (Å²) >= 11 is 12.1. The molecule has 4 nitrogen and oxygen atoms in total. The van der Waals surface area contributed by atoms with Gasteiger partial charge in [0.25, 0.3) is 0 Å². The van der Waals surface area contributed by atoms with E-state index in [-0.39, 0.29) is 17.7 Å². The van der Waals surface area contributed by atoms with Gasteiger partial charge < -0.3 is 10.2 Å². The monoisotopic (exact) mass is 404 g/mol. The van der Waals surface area contributed by atoms with Crippen LogP contribution in [0.2, 0.25) is 10.0 Å². The van der Waals surface area contributed by atoms with Crippen LogP contribution in [0.4, 0.5) is 11.4 Å². The van der Waals surface area contributed by atoms with E-state index in [1.54, 1.807) is 24.0 Å². The van der Waals surface area contributed by atoms with E-state index in [2.05, 4.69) is 5.32 Å². The van der Waals surface area contributed by atoms with Crippen molar-refractivity contribution in [2.24, 2.45) is 5.92 Å². The van der Waals surface area contributed by atoms with Gasteiger partial charge in [0.2, 0.25) is 11.8 Å². The molecule has 1 unspecified atom stereocenters. The number of fused-ring (bicyclic) bond motifs is 1. The Bertz CT molecular complexity index is 882. The minimum atomic E-state index is -0.242. The molecule has 1 atom stereocenters. The fraction of sp³-hybridized carbons (Fsp3) is 0.333. The molecule has 1 heterocycles. The smallest absolute Gasteiger partial charge is 0.227 e. The second kappa shape index (κ2) is 8.32. The average Bonchev–Trinajstić information content (AvgIpc) is 2.63. The first kappa shape index (κ1) is 19.7. The van der Waals surface area contributed by atoms with Crippen molar-refractivity contribution in [1.82, 2.24) is 0 Å². The number of nitrogens with one attached hydrogen (secondary N) is 1. The molecule has 27 heavy (non-hydrogen) atoms. The lowest BCUT2D eigenvalue weighted by Gasteiger charge is -2.29. The molecule has 2 aromatic rings. The fourth-order valence-corrected chi connectivity index (χ4v) is 3.86. The van der Waals surface area contributed by atoms with Crippen molar-refractivity contribution < 1.29 is 9.59 Å². The maximum atomic E-state index is 12.6. The fourth-order valence-electron chi connectivity index (χ4n) is 3.38. The number of hydrogen-bond acceptors (Lipinski definition) is 2. The molecule has 0 fully saturated rings. The Hall–Kier alpha value is -2.04. The molecule has 0 radical (unpaired) electrons. The van der Waals surface area contributed by atoms with Gasteiger partial charge in [-0.25, -0.2) is 0 Å². The first-order valence-corrected chi connectivity index (χ1v) is 9.76. The number of halogens is 2. The maximum absolute atomic E-state index is 12.6. The van der Waals surface area contributed by atoms with Gasteiger partial charge in [0.1, 0.15) is 0 Å². The number of carbonyl (C=O) groups is 2. The SMILES string of the molecule is CC(=O)N1CCCc2cc(NC(=O)C(C)Cc3ccc(Cl)cc3Cl)ccc21. The van der Waals surface area contributed by atoms with E-state index in [0.717, 1.165) is 41.9 Å². The highest BCUT2D eigenvalue weighted by atomic mass is 35.5. The number of carbonyl (C=O) groups excluding carboxylic acids is 2. The van der Waals surface area contributed by atoms with E-state index >= 15 is 0 Å². The Morgan fingerprint density at radius 3 is 2.67 bits per heavy atom. The molecule has 1 aliphatic heterocycles. The Balaban J connectivity index is 1.69. The first-order valence-electron chi connectivity index (χ1n) is 9.01. The number of anilines is 2. The Morgan fingerprint density at radius 1 is 1.19 bits per heavy atom. The Labute approximate surface area is 169 Å². The number of hydrogen-bond donors (Lipinski definition) is 1. The summed E-state index contributed by atoms with van der Waals surface area (Å²) in [4.78, 5) is 26.2. The molecule has 3 rings (SSSR count). The second-order valence-electron chi connectivity index (χ2n) is 6.95. The topological polar surface area (TPSA) is 49.4 Å². The predicted molar refractivity (Wildman–Crippen MR) is 111 cm³/mol. The quantitative estimate of drug-likeness (QED) is 0.769. The summed E-state index contributed by atoms with van der Waals surface area (Å²) in [5, 5.41) is 4.12. The van der Waals surface area contributed by atoms with Gasteiger partial charge in [0.15, 0.2) is 0 Å². The van der Waals surface area contributed by atoms with Crippen LogP contribution in [0, 0.1) is 5.92 Å². The number of amides is 2. The highest BCUT2D eigenvalue weighted by Crippen LogP contribution is 2.30. The highest BCUT2D eigenvalue weighted by molar-refractivity contribution is 6.35. The van der Waals surface area contributed by atoms with Crippen LogP contribution in [0.1, 0.15) is 31.4 Å². The minimum Gasteiger partial charge on any atom is -0.326 e. The standard InChI is InChI=1S/C21H22Cl2N2O2/c1-13(10-15-5-6-17(22)12-19(15)23)21(27)24-18-7-8-20-16(11-18)4-3-9-25(20)14(2)26/h5-8,11-13H,3-4,9-10H2,1-2H3,(H,24,27). The van der Waals surface area contributed by atoms with Crippen molar-refractivity contribution >= 4 is 46.4 Å². The van der Waals surface area contributed by atoms with Crippen molar-refractivity contribution in [1.29, 1.82) is 0 Å². The molecule has 0 saturated heterocycles. The summed E-state index contributed by atoms with van der Waals surface area (Å²) in [6, 6.07) is 11.0. The van der Waals surface area contributed by atoms with Gasteiger partial charge >= 0.3 is 0 Å². The van der Waals surface area contributed by atoms with Crippen molar-refractivity contribution in [3.63, 3.8) is 0 Å². The largest absolute Gasteiger partial charge is 0.326 e. The number of benzene rings is 2. The van der Waals surface area contributed by atoms with E-state index in [0.29, 0.717) is 16.5 Å². The van der Waals surface area contributed by atoms with Crippen LogP contribution in [0.25, 0.3) is 0 Å². The van der Waals surface area contributed by atoms with E-state index in [4.69, 9.17) is 23.2 Å². The molecule has 2 aromatic carbocycles. The van der Waals surface area contributed by atoms with Gasteiger partial charge in [-0.3, -0.25) is 9.59 Å². The lowest BCUT2D eigenvalue weighted by molar-refractivity contribution is -0.119. The van der Waals surface area contributed by atoms with E-state index in [1.807, 2.05) is 31.2 Å². The summed E-state index contributed by atoms with van der Waals surface area (Å²) < 4.78 is 0. The Kier molecular flexibility index (Phi) is 6.08. The third kappa shape index (κ3) is 4.63. The van der Waals surface area contributed by atoms with E-state index in [9.17, 15) is 9.59 Å². The second-order valence-corrected chi connectivity index (χ2v) is 7.79. The molecule has 0 bridgehead atoms. The van der Waals surface area contributed by atoms with Crippen LogP contribution in [0.3, 0.4) is 0 Å². The van der Waals surface area contributed by atoms with Crippen LogP contribution in [0.15, 0.2) is 36.4 Å². The van der Waals surface area contributed by atoms with Gasteiger partial charge in [-0.1, -0.05) is 36.2 Å². The van der Waals surface area contributed by atoms with Crippen LogP contribution < -0.4 is 10.2 Å². The normalized spacial score (nSPS) is 14.4. The Morgan fingerprint density at radius 2 is 1.96 bits per heavy atom. The molecule has 0 spiro atoms. The van der Waals surface area contributed by atoms with Crippen molar-refractivity contribution in [3.05, 3.63) is 57.6 Å². The number of rotatable bonds is 4. The number of aryl methyl sites for hydroxylation is 1. The molecule has 0 aromatic heterocycles. The zero-order chi connectivity index (χ0) is 19.6. The lowest BCUT2D eigenvalue weighted by atomic mass is 9.99. The maximum Gasteiger partial charge on any atom is 0.227 e. The van der Waals surface area contributed by atoms with Crippen molar-refractivity contribution in [2.45, 2.75) is 33.1 Å². The van der Waals surface area contributed by atoms with Crippen molar-refractivity contribution in [3.8, 4) is 0 Å².